The summed E-state index contributed by atoms with van der Waals surface area (Å²) in [7, 11) is 0. The van der Waals surface area contributed by atoms with Gasteiger partial charge in [0, 0.05) is 23.1 Å². The molecule has 4 N–H and O–H groups in total. The molecular formula is C21H20ClFN4O3. The minimum Gasteiger partial charge on any atom is -0.444 e. The number of aromatic nitrogens is 1. The SMILES string of the molecule is CC(C)(CNC(=O)c1cc(C(=O)NN)ccc1Cl)c1coc(-c2ccc(F)cc2)n1. The summed E-state index contributed by atoms with van der Waals surface area (Å²) in [4.78, 5) is 28.8. The Hall–Kier alpha value is -3.23. The van der Waals surface area contributed by atoms with Crippen LogP contribution in [0, 0.1) is 5.82 Å². The van der Waals surface area contributed by atoms with Crippen molar-refractivity contribution in [1.29, 1.82) is 0 Å². The molecule has 2 amide bonds. The first-order valence-corrected chi connectivity index (χ1v) is 9.40. The predicted molar refractivity (Wildman–Crippen MR) is 110 cm³/mol. The van der Waals surface area contributed by atoms with Crippen molar-refractivity contribution < 1.29 is 18.4 Å². The molecular weight excluding hydrogens is 411 g/mol. The van der Waals surface area contributed by atoms with E-state index in [-0.39, 0.29) is 28.5 Å². The molecule has 0 saturated heterocycles. The Morgan fingerprint density at radius 1 is 1.17 bits per heavy atom. The number of rotatable bonds is 6. The number of nitrogens with one attached hydrogen (secondary N) is 2. The van der Waals surface area contributed by atoms with Crippen molar-refractivity contribution in [2.75, 3.05) is 6.54 Å². The highest BCUT2D eigenvalue weighted by Gasteiger charge is 2.26. The molecule has 30 heavy (non-hydrogen) atoms. The fourth-order valence-electron chi connectivity index (χ4n) is 2.72. The zero-order chi connectivity index (χ0) is 21.9. The quantitative estimate of drug-likeness (QED) is 0.315. The van der Waals surface area contributed by atoms with Gasteiger partial charge in [0.1, 0.15) is 12.1 Å². The molecule has 2 aromatic carbocycles. The lowest BCUT2D eigenvalue weighted by Gasteiger charge is -2.22. The average molecular weight is 431 g/mol. The van der Waals surface area contributed by atoms with Crippen LogP contribution >= 0.6 is 11.6 Å². The fraction of sp³-hybridized carbons (Fsp3) is 0.190. The van der Waals surface area contributed by atoms with Crippen molar-refractivity contribution in [1.82, 2.24) is 15.7 Å². The van der Waals surface area contributed by atoms with Gasteiger partial charge in [-0.25, -0.2) is 15.2 Å². The highest BCUT2D eigenvalue weighted by atomic mass is 35.5. The van der Waals surface area contributed by atoms with E-state index in [1.165, 1.54) is 36.6 Å². The lowest BCUT2D eigenvalue weighted by atomic mass is 9.90. The van der Waals surface area contributed by atoms with Crippen LogP contribution in [0.1, 0.15) is 40.3 Å². The molecule has 1 heterocycles. The average Bonchev–Trinajstić information content (AvgIpc) is 3.23. The standard InChI is InChI=1S/C21H20ClFN4O3/c1-21(2,17-10-30-20(26-17)12-3-6-14(23)7-4-12)11-25-19(29)15-9-13(18(28)27-24)5-8-16(15)22/h3-10H,11,24H2,1-2H3,(H,25,29)(H,27,28). The van der Waals surface area contributed by atoms with Crippen LogP contribution in [0.15, 0.2) is 53.1 Å². The van der Waals surface area contributed by atoms with Crippen molar-refractivity contribution in [3.05, 3.63) is 76.4 Å². The Kier molecular flexibility index (Phi) is 6.19. The summed E-state index contributed by atoms with van der Waals surface area (Å²) < 4.78 is 18.6. The zero-order valence-corrected chi connectivity index (χ0v) is 17.1. The van der Waals surface area contributed by atoms with Gasteiger partial charge in [-0.2, -0.15) is 0 Å². The van der Waals surface area contributed by atoms with E-state index in [1.54, 1.807) is 12.1 Å². The van der Waals surface area contributed by atoms with E-state index in [1.807, 2.05) is 19.3 Å². The van der Waals surface area contributed by atoms with Crippen molar-refractivity contribution in [2.24, 2.45) is 5.84 Å². The molecule has 0 atom stereocenters. The zero-order valence-electron chi connectivity index (χ0n) is 16.3. The lowest BCUT2D eigenvalue weighted by Crippen LogP contribution is -2.37. The number of nitrogens with zero attached hydrogens (tertiary/aromatic N) is 1. The van der Waals surface area contributed by atoms with E-state index in [4.69, 9.17) is 21.9 Å². The molecule has 0 unspecified atom stereocenters. The van der Waals surface area contributed by atoms with E-state index in [0.717, 1.165) is 0 Å². The third kappa shape index (κ3) is 4.67. The van der Waals surface area contributed by atoms with Gasteiger partial charge in [0.05, 0.1) is 16.3 Å². The van der Waals surface area contributed by atoms with Crippen LogP contribution in [0.5, 0.6) is 0 Å². The van der Waals surface area contributed by atoms with Crippen molar-refractivity contribution in [3.8, 4) is 11.5 Å². The molecule has 9 heteroatoms. The van der Waals surface area contributed by atoms with E-state index in [0.29, 0.717) is 17.1 Å². The summed E-state index contributed by atoms with van der Waals surface area (Å²) in [5.41, 5.74) is 3.06. The Bertz CT molecular complexity index is 1080. The molecule has 7 nitrogen and oxygen atoms in total. The predicted octanol–water partition coefficient (Wildman–Crippen LogP) is 3.45. The van der Waals surface area contributed by atoms with Crippen LogP contribution in [0.2, 0.25) is 5.02 Å². The van der Waals surface area contributed by atoms with Crippen LogP contribution in [0.4, 0.5) is 4.39 Å². The summed E-state index contributed by atoms with van der Waals surface area (Å²) in [6.45, 7) is 4.00. The first kappa shape index (κ1) is 21.5. The Morgan fingerprint density at radius 2 is 1.87 bits per heavy atom. The van der Waals surface area contributed by atoms with Crippen LogP contribution in [0.3, 0.4) is 0 Å². The van der Waals surface area contributed by atoms with Gasteiger partial charge in [-0.1, -0.05) is 25.4 Å². The number of hydrogen-bond donors (Lipinski definition) is 3. The third-order valence-electron chi connectivity index (χ3n) is 4.58. The van der Waals surface area contributed by atoms with E-state index < -0.39 is 17.2 Å². The highest BCUT2D eigenvalue weighted by molar-refractivity contribution is 6.34. The first-order chi connectivity index (χ1) is 14.2. The van der Waals surface area contributed by atoms with Gasteiger partial charge in [-0.15, -0.1) is 0 Å². The summed E-state index contributed by atoms with van der Waals surface area (Å²) >= 11 is 6.11. The minimum atomic E-state index is -0.573. The number of nitrogens with two attached hydrogens (primary N) is 1. The molecule has 156 valence electrons. The maximum Gasteiger partial charge on any atom is 0.265 e. The smallest absolute Gasteiger partial charge is 0.265 e. The molecule has 3 rings (SSSR count). The van der Waals surface area contributed by atoms with Crippen LogP contribution in [-0.4, -0.2) is 23.3 Å². The molecule has 3 aromatic rings. The number of hydrazine groups is 1. The highest BCUT2D eigenvalue weighted by Crippen LogP contribution is 2.26. The van der Waals surface area contributed by atoms with Crippen molar-refractivity contribution in [3.63, 3.8) is 0 Å². The largest absolute Gasteiger partial charge is 0.444 e. The summed E-state index contributed by atoms with van der Waals surface area (Å²) in [5.74, 6) is 4.17. The molecule has 0 radical (unpaired) electrons. The van der Waals surface area contributed by atoms with Gasteiger partial charge >= 0.3 is 0 Å². The molecule has 0 saturated carbocycles. The second-order valence-corrected chi connectivity index (χ2v) is 7.69. The first-order valence-electron chi connectivity index (χ1n) is 9.02. The minimum absolute atomic E-state index is 0.153. The lowest BCUT2D eigenvalue weighted by molar-refractivity contribution is 0.0945. The van der Waals surface area contributed by atoms with Gasteiger partial charge < -0.3 is 9.73 Å². The Labute approximate surface area is 177 Å². The van der Waals surface area contributed by atoms with Gasteiger partial charge in [0.15, 0.2) is 0 Å². The van der Waals surface area contributed by atoms with Crippen LogP contribution < -0.4 is 16.6 Å². The second-order valence-electron chi connectivity index (χ2n) is 7.28. The number of benzene rings is 2. The molecule has 0 spiro atoms. The summed E-state index contributed by atoms with van der Waals surface area (Å²) in [6.07, 6.45) is 1.50. The second kappa shape index (κ2) is 8.64. The third-order valence-corrected chi connectivity index (χ3v) is 4.91. The summed E-state index contributed by atoms with van der Waals surface area (Å²) in [6, 6.07) is 10.1. The molecule has 1 aromatic heterocycles. The number of amides is 2. The van der Waals surface area contributed by atoms with E-state index >= 15 is 0 Å². The molecule has 0 aliphatic carbocycles. The molecule has 0 aliphatic rings. The van der Waals surface area contributed by atoms with E-state index in [9.17, 15) is 14.0 Å². The number of nitrogen functional groups attached to an aromatic ring is 1. The Morgan fingerprint density at radius 3 is 2.53 bits per heavy atom. The van der Waals surface area contributed by atoms with Crippen LogP contribution in [0.25, 0.3) is 11.5 Å². The molecule has 0 aliphatic heterocycles. The number of carbonyl (C=O) groups is 2. The fourth-order valence-corrected chi connectivity index (χ4v) is 2.92. The summed E-state index contributed by atoms with van der Waals surface area (Å²) in [5, 5.41) is 3.01. The van der Waals surface area contributed by atoms with Gasteiger partial charge in [0.25, 0.3) is 11.8 Å². The monoisotopic (exact) mass is 430 g/mol. The number of carbonyl (C=O) groups excluding carboxylic acids is 2. The maximum absolute atomic E-state index is 13.1. The normalized spacial score (nSPS) is 11.2. The van der Waals surface area contributed by atoms with Crippen LogP contribution in [-0.2, 0) is 5.41 Å². The number of halogens is 2. The van der Waals surface area contributed by atoms with Gasteiger partial charge in [-0.05, 0) is 42.5 Å². The topological polar surface area (TPSA) is 110 Å². The number of oxazole rings is 1. The molecule has 0 bridgehead atoms. The van der Waals surface area contributed by atoms with Gasteiger partial charge in [-0.3, -0.25) is 15.0 Å². The number of hydrogen-bond acceptors (Lipinski definition) is 5. The maximum atomic E-state index is 13.1. The Balaban J connectivity index is 1.73. The molecule has 0 fully saturated rings. The van der Waals surface area contributed by atoms with Crippen molar-refractivity contribution >= 4 is 23.4 Å². The van der Waals surface area contributed by atoms with E-state index in [2.05, 4.69) is 10.3 Å². The van der Waals surface area contributed by atoms with Gasteiger partial charge in [0.2, 0.25) is 5.89 Å². The van der Waals surface area contributed by atoms with Crippen molar-refractivity contribution in [2.45, 2.75) is 19.3 Å².